The highest BCUT2D eigenvalue weighted by Crippen LogP contribution is 2.30. The summed E-state index contributed by atoms with van der Waals surface area (Å²) in [5.74, 6) is -0.196. The van der Waals surface area contributed by atoms with Crippen molar-refractivity contribution in [3.05, 3.63) is 22.7 Å². The van der Waals surface area contributed by atoms with Crippen LogP contribution in [0, 0.1) is 0 Å². The van der Waals surface area contributed by atoms with Gasteiger partial charge in [-0.1, -0.05) is 15.9 Å². The van der Waals surface area contributed by atoms with Crippen molar-refractivity contribution in [3.63, 3.8) is 0 Å². The topological polar surface area (TPSA) is 70.0 Å². The molecule has 1 unspecified atom stereocenters. The summed E-state index contributed by atoms with van der Waals surface area (Å²) in [7, 11) is 3.41. The second-order valence-corrected chi connectivity index (χ2v) is 5.20. The van der Waals surface area contributed by atoms with Crippen molar-refractivity contribution in [2.24, 2.45) is 0 Å². The number of benzene rings is 1. The molecule has 0 saturated heterocycles. The minimum Gasteiger partial charge on any atom is -0.495 e. The Balaban J connectivity index is 2.69. The highest BCUT2D eigenvalue weighted by Gasteiger charge is 2.14. The van der Waals surface area contributed by atoms with E-state index >= 15 is 0 Å². The molecule has 0 spiro atoms. The van der Waals surface area contributed by atoms with Crippen molar-refractivity contribution >= 4 is 27.6 Å². The van der Waals surface area contributed by atoms with Crippen molar-refractivity contribution in [1.29, 1.82) is 0 Å². The van der Waals surface area contributed by atoms with Crippen molar-refractivity contribution in [2.45, 2.75) is 18.9 Å². The molecule has 0 aliphatic carbocycles. The number of halogens is 1. The van der Waals surface area contributed by atoms with E-state index in [1.807, 2.05) is 30.1 Å². The summed E-state index contributed by atoms with van der Waals surface area (Å²) in [6.07, 6.45) is -0.495. The zero-order chi connectivity index (χ0) is 14.4. The summed E-state index contributed by atoms with van der Waals surface area (Å²) in [4.78, 5) is 12.3. The van der Waals surface area contributed by atoms with Crippen LogP contribution in [0.1, 0.15) is 12.8 Å². The standard InChI is InChI=1S/C13H18BrNO4/c1-15(8-10(16)4-6-13(17)18)11-7-9(14)3-5-12(11)19-2/h3,5,7,10,16H,4,6,8H2,1-2H3,(H,17,18). The van der Waals surface area contributed by atoms with Crippen molar-refractivity contribution in [1.82, 2.24) is 0 Å². The van der Waals surface area contributed by atoms with Crippen LogP contribution in [0.4, 0.5) is 5.69 Å². The molecule has 0 aromatic heterocycles. The lowest BCUT2D eigenvalue weighted by molar-refractivity contribution is -0.137. The fourth-order valence-corrected chi connectivity index (χ4v) is 2.11. The third-order valence-electron chi connectivity index (χ3n) is 2.73. The largest absolute Gasteiger partial charge is 0.495 e. The fourth-order valence-electron chi connectivity index (χ4n) is 1.76. The number of anilines is 1. The van der Waals surface area contributed by atoms with E-state index in [1.54, 1.807) is 7.11 Å². The molecule has 0 amide bonds. The van der Waals surface area contributed by atoms with Gasteiger partial charge in [-0.15, -0.1) is 0 Å². The second kappa shape index (κ2) is 7.35. The number of aliphatic hydroxyl groups is 1. The van der Waals surface area contributed by atoms with E-state index in [4.69, 9.17) is 9.84 Å². The first-order valence-electron chi connectivity index (χ1n) is 5.88. The summed E-state index contributed by atoms with van der Waals surface area (Å²) in [5, 5.41) is 18.4. The molecule has 0 aliphatic rings. The van der Waals surface area contributed by atoms with E-state index in [2.05, 4.69) is 15.9 Å². The molecular formula is C13H18BrNO4. The fraction of sp³-hybridized carbons (Fsp3) is 0.462. The normalized spacial score (nSPS) is 12.0. The molecule has 0 fully saturated rings. The Labute approximate surface area is 120 Å². The van der Waals surface area contributed by atoms with Crippen LogP contribution in [-0.2, 0) is 4.79 Å². The Hall–Kier alpha value is -1.27. The Bertz CT molecular complexity index is 439. The summed E-state index contributed by atoms with van der Waals surface area (Å²) >= 11 is 3.39. The minimum atomic E-state index is -0.901. The quantitative estimate of drug-likeness (QED) is 0.800. The van der Waals surface area contributed by atoms with Crippen LogP contribution in [-0.4, -0.2) is 43.0 Å². The van der Waals surface area contributed by atoms with Gasteiger partial charge < -0.3 is 19.8 Å². The van der Waals surface area contributed by atoms with E-state index in [9.17, 15) is 9.90 Å². The van der Waals surface area contributed by atoms with Gasteiger partial charge in [0.15, 0.2) is 0 Å². The number of nitrogens with zero attached hydrogens (tertiary/aromatic N) is 1. The minimum absolute atomic E-state index is 0.0371. The zero-order valence-electron chi connectivity index (χ0n) is 11.0. The van der Waals surface area contributed by atoms with E-state index in [0.29, 0.717) is 12.3 Å². The number of rotatable bonds is 7. The maximum Gasteiger partial charge on any atom is 0.303 e. The lowest BCUT2D eigenvalue weighted by atomic mass is 10.2. The number of methoxy groups -OCH3 is 1. The Kier molecular flexibility index (Phi) is 6.11. The monoisotopic (exact) mass is 331 g/mol. The van der Waals surface area contributed by atoms with Gasteiger partial charge in [-0.2, -0.15) is 0 Å². The van der Waals surface area contributed by atoms with Crippen molar-refractivity contribution < 1.29 is 19.7 Å². The Morgan fingerprint density at radius 3 is 2.79 bits per heavy atom. The summed E-state index contributed by atoms with van der Waals surface area (Å²) in [6.45, 7) is 0.347. The van der Waals surface area contributed by atoms with Crippen LogP contribution in [0.25, 0.3) is 0 Å². The summed E-state index contributed by atoms with van der Waals surface area (Å²) in [6, 6.07) is 5.60. The van der Waals surface area contributed by atoms with Crippen LogP contribution >= 0.6 is 15.9 Å². The highest BCUT2D eigenvalue weighted by molar-refractivity contribution is 9.10. The molecule has 106 valence electrons. The number of likely N-dealkylation sites (N-methyl/N-ethyl adjacent to an activating group) is 1. The smallest absolute Gasteiger partial charge is 0.303 e. The lowest BCUT2D eigenvalue weighted by Crippen LogP contribution is -2.29. The first kappa shape index (κ1) is 15.8. The molecule has 0 bridgehead atoms. The van der Waals surface area contributed by atoms with Gasteiger partial charge in [-0.25, -0.2) is 0 Å². The average molecular weight is 332 g/mol. The van der Waals surface area contributed by atoms with E-state index < -0.39 is 12.1 Å². The number of carboxylic acids is 1. The maximum atomic E-state index is 10.5. The summed E-state index contributed by atoms with van der Waals surface area (Å²) < 4.78 is 6.18. The van der Waals surface area contributed by atoms with Crippen LogP contribution in [0.3, 0.4) is 0 Å². The van der Waals surface area contributed by atoms with Gasteiger partial charge >= 0.3 is 5.97 Å². The predicted molar refractivity (Wildman–Crippen MR) is 76.8 cm³/mol. The van der Waals surface area contributed by atoms with Crippen molar-refractivity contribution in [2.75, 3.05) is 25.6 Å². The lowest BCUT2D eigenvalue weighted by Gasteiger charge is -2.24. The van der Waals surface area contributed by atoms with Gasteiger partial charge in [-0.05, 0) is 24.6 Å². The third kappa shape index (κ3) is 5.08. The third-order valence-corrected chi connectivity index (χ3v) is 3.22. The molecule has 0 radical (unpaired) electrons. The van der Waals surface area contributed by atoms with E-state index in [1.165, 1.54) is 0 Å². The van der Waals surface area contributed by atoms with E-state index in [-0.39, 0.29) is 12.8 Å². The molecule has 0 saturated carbocycles. The number of aliphatic carboxylic acids is 1. The molecule has 0 aliphatic heterocycles. The molecular weight excluding hydrogens is 314 g/mol. The molecule has 0 heterocycles. The SMILES string of the molecule is COc1ccc(Br)cc1N(C)CC(O)CCC(=O)O. The molecule has 1 aromatic rings. The van der Waals surface area contributed by atoms with Gasteiger partial charge in [0.2, 0.25) is 0 Å². The van der Waals surface area contributed by atoms with Crippen molar-refractivity contribution in [3.8, 4) is 5.75 Å². The molecule has 5 nitrogen and oxygen atoms in total. The molecule has 6 heteroatoms. The van der Waals surface area contributed by atoms with Crippen LogP contribution in [0.15, 0.2) is 22.7 Å². The first-order valence-corrected chi connectivity index (χ1v) is 6.68. The molecule has 1 atom stereocenters. The zero-order valence-corrected chi connectivity index (χ0v) is 12.6. The van der Waals surface area contributed by atoms with Crippen LogP contribution < -0.4 is 9.64 Å². The number of hydrogen-bond donors (Lipinski definition) is 2. The van der Waals surface area contributed by atoms with Gasteiger partial charge in [-0.3, -0.25) is 4.79 Å². The molecule has 1 aromatic carbocycles. The Morgan fingerprint density at radius 2 is 2.21 bits per heavy atom. The molecule has 19 heavy (non-hydrogen) atoms. The van der Waals surface area contributed by atoms with E-state index in [0.717, 1.165) is 10.2 Å². The number of carbonyl (C=O) groups is 1. The number of ether oxygens (including phenoxy) is 1. The van der Waals surface area contributed by atoms with Gasteiger partial charge in [0.25, 0.3) is 0 Å². The number of carboxylic acid groups (broad SMARTS) is 1. The number of hydrogen-bond acceptors (Lipinski definition) is 4. The second-order valence-electron chi connectivity index (χ2n) is 4.28. The van der Waals surface area contributed by atoms with Crippen LogP contribution in [0.5, 0.6) is 5.75 Å². The highest BCUT2D eigenvalue weighted by atomic mass is 79.9. The molecule has 1 rings (SSSR count). The van der Waals surface area contributed by atoms with Gasteiger partial charge in [0, 0.05) is 24.5 Å². The van der Waals surface area contributed by atoms with Crippen LogP contribution in [0.2, 0.25) is 0 Å². The summed E-state index contributed by atoms with van der Waals surface area (Å²) in [5.41, 5.74) is 0.839. The first-order chi connectivity index (χ1) is 8.93. The Morgan fingerprint density at radius 1 is 1.53 bits per heavy atom. The maximum absolute atomic E-state index is 10.5. The number of aliphatic hydroxyl groups excluding tert-OH is 1. The average Bonchev–Trinajstić information content (AvgIpc) is 2.36. The van der Waals surface area contributed by atoms with Gasteiger partial charge in [0.05, 0.1) is 18.9 Å². The van der Waals surface area contributed by atoms with Gasteiger partial charge in [0.1, 0.15) is 5.75 Å². The molecule has 2 N–H and O–H groups in total. The predicted octanol–water partition coefficient (Wildman–Crippen LogP) is 2.12.